The number of carbonyl (C=O) groups is 2. The lowest BCUT2D eigenvalue weighted by molar-refractivity contribution is -0.118. The number of primary amides is 1. The molecule has 19 heavy (non-hydrogen) atoms. The van der Waals surface area contributed by atoms with Crippen molar-refractivity contribution in [2.45, 2.75) is 33.2 Å². The van der Waals surface area contributed by atoms with Crippen molar-refractivity contribution >= 4 is 17.5 Å². The summed E-state index contributed by atoms with van der Waals surface area (Å²) in [6, 6.07) is 0. The van der Waals surface area contributed by atoms with Crippen molar-refractivity contribution in [2.75, 3.05) is 18.8 Å². The van der Waals surface area contributed by atoms with Crippen molar-refractivity contribution in [3.8, 4) is 0 Å². The van der Waals surface area contributed by atoms with Gasteiger partial charge in [0, 0.05) is 19.3 Å². The Balaban J connectivity index is 2.90. The number of anilines is 1. The van der Waals surface area contributed by atoms with Crippen LogP contribution in [-0.4, -0.2) is 39.6 Å². The van der Waals surface area contributed by atoms with Gasteiger partial charge >= 0.3 is 0 Å². The summed E-state index contributed by atoms with van der Waals surface area (Å²) in [7, 11) is 0. The lowest BCUT2D eigenvalue weighted by atomic mass is 10.2. The fourth-order valence-electron chi connectivity index (χ4n) is 1.70. The minimum atomic E-state index is -0.544. The Bertz CT molecular complexity index is 455. The van der Waals surface area contributed by atoms with Gasteiger partial charge in [0.05, 0.1) is 12.2 Å². The summed E-state index contributed by atoms with van der Waals surface area (Å²) in [6.45, 7) is 4.89. The highest BCUT2D eigenvalue weighted by Crippen LogP contribution is 2.12. The van der Waals surface area contributed by atoms with Crippen LogP contribution in [0.2, 0.25) is 0 Å². The first-order chi connectivity index (χ1) is 8.99. The Kier molecular flexibility index (Phi) is 5.35. The van der Waals surface area contributed by atoms with Gasteiger partial charge in [0.15, 0.2) is 5.69 Å². The quantitative estimate of drug-likeness (QED) is 0.736. The Labute approximate surface area is 112 Å². The fourth-order valence-corrected chi connectivity index (χ4v) is 1.70. The molecule has 0 aliphatic heterocycles. The van der Waals surface area contributed by atoms with Crippen molar-refractivity contribution in [1.29, 1.82) is 0 Å². The summed E-state index contributed by atoms with van der Waals surface area (Å²) in [6.07, 6.45) is 3.32. The van der Waals surface area contributed by atoms with E-state index in [9.17, 15) is 9.59 Å². The fraction of sp³-hybridized carbons (Fsp3) is 0.583. The zero-order valence-electron chi connectivity index (χ0n) is 11.4. The molecule has 1 aromatic rings. The van der Waals surface area contributed by atoms with Crippen LogP contribution in [0, 0.1) is 0 Å². The maximum Gasteiger partial charge on any atom is 0.276 e. The Hall–Kier alpha value is -2.05. The SMILES string of the molecule is CCCCN(CC(N)=O)C(=O)c1nn(CC)cc1N. The van der Waals surface area contributed by atoms with Crippen LogP contribution >= 0.6 is 0 Å². The highest BCUT2D eigenvalue weighted by atomic mass is 16.2. The topological polar surface area (TPSA) is 107 Å². The predicted octanol–water partition coefficient (Wildman–Crippen LogP) is 0.213. The van der Waals surface area contributed by atoms with E-state index in [4.69, 9.17) is 11.5 Å². The number of hydrogen-bond donors (Lipinski definition) is 2. The summed E-state index contributed by atoms with van der Waals surface area (Å²) in [5.41, 5.74) is 11.4. The van der Waals surface area contributed by atoms with Gasteiger partial charge in [0.1, 0.15) is 0 Å². The van der Waals surface area contributed by atoms with Crippen molar-refractivity contribution in [3.63, 3.8) is 0 Å². The third-order valence-corrected chi connectivity index (χ3v) is 2.73. The highest BCUT2D eigenvalue weighted by Gasteiger charge is 2.22. The second kappa shape index (κ2) is 6.77. The summed E-state index contributed by atoms with van der Waals surface area (Å²) >= 11 is 0. The van der Waals surface area contributed by atoms with E-state index in [1.165, 1.54) is 4.90 Å². The monoisotopic (exact) mass is 267 g/mol. The zero-order valence-corrected chi connectivity index (χ0v) is 11.4. The van der Waals surface area contributed by atoms with E-state index in [-0.39, 0.29) is 18.1 Å². The maximum absolute atomic E-state index is 12.3. The van der Waals surface area contributed by atoms with Crippen LogP contribution in [0.15, 0.2) is 6.20 Å². The van der Waals surface area contributed by atoms with Crippen molar-refractivity contribution in [3.05, 3.63) is 11.9 Å². The van der Waals surface area contributed by atoms with E-state index in [1.54, 1.807) is 10.9 Å². The van der Waals surface area contributed by atoms with Gasteiger partial charge in [0.2, 0.25) is 5.91 Å². The Morgan fingerprint density at radius 3 is 2.58 bits per heavy atom. The van der Waals surface area contributed by atoms with Crippen molar-refractivity contribution < 1.29 is 9.59 Å². The van der Waals surface area contributed by atoms with Crippen LogP contribution in [0.25, 0.3) is 0 Å². The number of unbranched alkanes of at least 4 members (excludes halogenated alkanes) is 1. The maximum atomic E-state index is 12.3. The van der Waals surface area contributed by atoms with Crippen LogP contribution < -0.4 is 11.5 Å². The number of rotatable bonds is 7. The number of hydrogen-bond acceptors (Lipinski definition) is 4. The van der Waals surface area contributed by atoms with E-state index in [2.05, 4.69) is 5.10 Å². The van der Waals surface area contributed by atoms with Gasteiger partial charge < -0.3 is 16.4 Å². The average Bonchev–Trinajstić information content (AvgIpc) is 2.74. The van der Waals surface area contributed by atoms with Gasteiger partial charge in [-0.15, -0.1) is 0 Å². The highest BCUT2D eigenvalue weighted by molar-refractivity contribution is 5.98. The molecule has 1 heterocycles. The molecule has 0 unspecified atom stereocenters. The molecule has 0 spiro atoms. The zero-order chi connectivity index (χ0) is 14.4. The summed E-state index contributed by atoms with van der Waals surface area (Å²) < 4.78 is 1.59. The van der Waals surface area contributed by atoms with Gasteiger partial charge in [-0.1, -0.05) is 13.3 Å². The summed E-state index contributed by atoms with van der Waals surface area (Å²) in [4.78, 5) is 24.7. The number of amides is 2. The Morgan fingerprint density at radius 2 is 2.11 bits per heavy atom. The van der Waals surface area contributed by atoms with E-state index >= 15 is 0 Å². The molecule has 2 amide bonds. The molecule has 0 bridgehead atoms. The van der Waals surface area contributed by atoms with E-state index in [0.717, 1.165) is 12.8 Å². The molecule has 0 radical (unpaired) electrons. The molecule has 7 heteroatoms. The first kappa shape index (κ1) is 15.0. The lowest BCUT2D eigenvalue weighted by Crippen LogP contribution is -2.39. The predicted molar refractivity (Wildman–Crippen MR) is 72.3 cm³/mol. The first-order valence-corrected chi connectivity index (χ1v) is 6.40. The number of aryl methyl sites for hydroxylation is 1. The van der Waals surface area contributed by atoms with Crippen molar-refractivity contribution in [1.82, 2.24) is 14.7 Å². The van der Waals surface area contributed by atoms with E-state index < -0.39 is 5.91 Å². The number of nitrogen functional groups attached to an aromatic ring is 1. The van der Waals surface area contributed by atoms with Crippen LogP contribution in [0.3, 0.4) is 0 Å². The molecule has 1 rings (SSSR count). The van der Waals surface area contributed by atoms with Crippen LogP contribution in [0.5, 0.6) is 0 Å². The smallest absolute Gasteiger partial charge is 0.276 e. The van der Waals surface area contributed by atoms with Gasteiger partial charge in [-0.2, -0.15) is 5.10 Å². The molecule has 1 aromatic heterocycles. The van der Waals surface area contributed by atoms with Crippen LogP contribution in [0.4, 0.5) is 5.69 Å². The molecule has 0 aliphatic rings. The average molecular weight is 267 g/mol. The second-order valence-corrected chi connectivity index (χ2v) is 4.34. The summed E-state index contributed by atoms with van der Waals surface area (Å²) in [5.74, 6) is -0.894. The summed E-state index contributed by atoms with van der Waals surface area (Å²) in [5, 5.41) is 4.11. The van der Waals surface area contributed by atoms with Gasteiger partial charge in [0.25, 0.3) is 5.91 Å². The molecular formula is C12H21N5O2. The molecule has 0 saturated heterocycles. The number of aromatic nitrogens is 2. The third-order valence-electron chi connectivity index (χ3n) is 2.73. The minimum absolute atomic E-state index is 0.114. The lowest BCUT2D eigenvalue weighted by Gasteiger charge is -2.20. The first-order valence-electron chi connectivity index (χ1n) is 6.40. The third kappa shape index (κ3) is 3.97. The second-order valence-electron chi connectivity index (χ2n) is 4.34. The molecule has 0 saturated carbocycles. The van der Waals surface area contributed by atoms with E-state index in [0.29, 0.717) is 18.8 Å². The normalized spacial score (nSPS) is 10.4. The van der Waals surface area contributed by atoms with Crippen molar-refractivity contribution in [2.24, 2.45) is 5.73 Å². The van der Waals surface area contributed by atoms with Gasteiger partial charge in [-0.3, -0.25) is 14.3 Å². The minimum Gasteiger partial charge on any atom is -0.396 e. The van der Waals surface area contributed by atoms with Crippen LogP contribution in [0.1, 0.15) is 37.2 Å². The van der Waals surface area contributed by atoms with Gasteiger partial charge in [-0.05, 0) is 13.3 Å². The molecule has 106 valence electrons. The number of nitrogens with zero attached hydrogens (tertiary/aromatic N) is 3. The van der Waals surface area contributed by atoms with Crippen LogP contribution in [-0.2, 0) is 11.3 Å². The number of nitrogens with two attached hydrogens (primary N) is 2. The van der Waals surface area contributed by atoms with E-state index in [1.807, 2.05) is 13.8 Å². The molecular weight excluding hydrogens is 246 g/mol. The molecule has 4 N–H and O–H groups in total. The molecule has 7 nitrogen and oxygen atoms in total. The largest absolute Gasteiger partial charge is 0.396 e. The number of carbonyl (C=O) groups excluding carboxylic acids is 2. The molecule has 0 aliphatic carbocycles. The standard InChI is InChI=1S/C12H21N5O2/c1-3-5-6-16(8-10(14)18)12(19)11-9(13)7-17(4-2)15-11/h7H,3-6,8,13H2,1-2H3,(H2,14,18). The Morgan fingerprint density at radius 1 is 1.42 bits per heavy atom. The molecule has 0 atom stereocenters. The van der Waals surface area contributed by atoms with Gasteiger partial charge in [-0.25, -0.2) is 0 Å². The molecule has 0 aromatic carbocycles. The molecule has 0 fully saturated rings.